The van der Waals surface area contributed by atoms with Crippen molar-refractivity contribution in [2.45, 2.75) is 37.2 Å². The van der Waals surface area contributed by atoms with Crippen LogP contribution in [0.15, 0.2) is 18.2 Å². The van der Waals surface area contributed by atoms with Crippen LogP contribution in [0.2, 0.25) is 0 Å². The van der Waals surface area contributed by atoms with Crippen LogP contribution >= 0.6 is 0 Å². The van der Waals surface area contributed by atoms with Gasteiger partial charge in [-0.25, -0.2) is 12.2 Å². The molecule has 0 fully saturated rings. The first-order chi connectivity index (χ1) is 11.9. The molecule has 0 saturated heterocycles. The molecule has 0 spiro atoms. The molecule has 3 nitrogen and oxygen atoms in total. The summed E-state index contributed by atoms with van der Waals surface area (Å²) in [6, 6.07) is 0. The number of nitrogens with zero attached hydrogens (tertiary/aromatic N) is 3. The molecule has 27 heavy (non-hydrogen) atoms. The summed E-state index contributed by atoms with van der Waals surface area (Å²) in [5.74, 6) is 0. The minimum absolute atomic E-state index is 0. The number of halogens is 6. The molecule has 0 heterocycles. The Morgan fingerprint density at radius 1 is 0.815 bits per heavy atom. The van der Waals surface area contributed by atoms with Crippen LogP contribution in [0.5, 0.6) is 0 Å². The minimum atomic E-state index is -4.98. The monoisotopic (exact) mass is 542 g/mol. The van der Waals surface area contributed by atoms with Gasteiger partial charge in [-0.15, -0.1) is 6.42 Å². The summed E-state index contributed by atoms with van der Waals surface area (Å²) in [5, 5.41) is 1.24. The van der Waals surface area contributed by atoms with Crippen LogP contribution in [0.4, 0.5) is 26.3 Å². The molecule has 0 aromatic heterocycles. The van der Waals surface area contributed by atoms with E-state index in [2.05, 4.69) is 28.1 Å². The molecule has 0 bridgehead atoms. The van der Waals surface area contributed by atoms with Crippen LogP contribution in [-0.2, 0) is 26.2 Å². The molecule has 0 unspecified atom stereocenters. The van der Waals surface area contributed by atoms with Crippen LogP contribution in [0.25, 0.3) is 16.0 Å². The summed E-state index contributed by atoms with van der Waals surface area (Å²) in [7, 11) is 5.42. The largest absolute Gasteiger partial charge is 4.00 e. The van der Waals surface area contributed by atoms with Crippen molar-refractivity contribution in [3.63, 3.8) is 0 Å². The molecule has 1 radical (unpaired) electrons. The molecule has 0 aromatic carbocycles. The van der Waals surface area contributed by atoms with Gasteiger partial charge >= 0.3 is 78.0 Å². The van der Waals surface area contributed by atoms with E-state index in [9.17, 15) is 26.3 Å². The molecular formula is C16H30F6GeN3Zr. The van der Waals surface area contributed by atoms with Gasteiger partial charge in [-0.05, 0) is 0 Å². The van der Waals surface area contributed by atoms with E-state index in [0.717, 1.165) is 26.1 Å². The first kappa shape index (κ1) is 38.0. The van der Waals surface area contributed by atoms with Crippen molar-refractivity contribution in [1.82, 2.24) is 0 Å². The fraction of sp³-hybridized carbons (Fsp3) is 0.750. The zero-order chi connectivity index (χ0) is 21.5. The van der Waals surface area contributed by atoms with Crippen LogP contribution < -0.4 is 0 Å². The van der Waals surface area contributed by atoms with Crippen LogP contribution in [-0.4, -0.2) is 66.2 Å². The van der Waals surface area contributed by atoms with Gasteiger partial charge in [0, 0.05) is 0 Å². The van der Waals surface area contributed by atoms with Gasteiger partial charge in [0.25, 0.3) is 0 Å². The van der Waals surface area contributed by atoms with Crippen molar-refractivity contribution >= 4 is 15.4 Å². The average molecular weight is 542 g/mol. The fourth-order valence-corrected chi connectivity index (χ4v) is 1.30. The number of hydrogen-bond donors (Lipinski definition) is 0. The van der Waals surface area contributed by atoms with Crippen molar-refractivity contribution in [2.75, 3.05) is 40.8 Å². The van der Waals surface area contributed by atoms with E-state index in [1.807, 2.05) is 32.9 Å². The predicted molar refractivity (Wildman–Crippen MR) is 100 cm³/mol. The standard InChI is InChI=1S/C5H5.3C3H8N.C2HF6Ge.Zr/c1-2-4-5-3-1;3*1-3-4-2;3-1(4,5)9-2(6,7)8;/h1-3H,4H2;3*3H2,1-2H3;9H;/q4*-1;;+4. The molecule has 1 aliphatic rings. The van der Waals surface area contributed by atoms with E-state index in [0.29, 0.717) is 0 Å². The van der Waals surface area contributed by atoms with Gasteiger partial charge < -0.3 is 16.0 Å². The van der Waals surface area contributed by atoms with E-state index in [1.54, 1.807) is 21.1 Å². The van der Waals surface area contributed by atoms with Crippen LogP contribution in [0, 0.1) is 6.08 Å². The smallest absolute Gasteiger partial charge is 0.273 e. The van der Waals surface area contributed by atoms with Gasteiger partial charge in [-0.3, -0.25) is 6.08 Å². The van der Waals surface area contributed by atoms with E-state index in [4.69, 9.17) is 0 Å². The van der Waals surface area contributed by atoms with Crippen molar-refractivity contribution in [1.29, 1.82) is 0 Å². The number of alkyl halides is 6. The van der Waals surface area contributed by atoms with E-state index < -0.39 is 25.4 Å². The van der Waals surface area contributed by atoms with Crippen molar-refractivity contribution in [3.05, 3.63) is 40.3 Å². The first-order valence-electron chi connectivity index (χ1n) is 7.84. The van der Waals surface area contributed by atoms with Crippen molar-refractivity contribution in [2.24, 2.45) is 0 Å². The quantitative estimate of drug-likeness (QED) is 0.246. The third kappa shape index (κ3) is 75.8. The van der Waals surface area contributed by atoms with E-state index in [-0.39, 0.29) is 26.2 Å². The fourth-order valence-electron chi connectivity index (χ4n) is 0.526. The summed E-state index contributed by atoms with van der Waals surface area (Å²) >= 11 is -4.06. The molecule has 0 atom stereocenters. The second-order valence-electron chi connectivity index (χ2n) is 4.13. The van der Waals surface area contributed by atoms with E-state index >= 15 is 0 Å². The Morgan fingerprint density at radius 3 is 1.15 bits per heavy atom. The molecule has 0 aromatic rings. The molecule has 11 heteroatoms. The summed E-state index contributed by atoms with van der Waals surface area (Å²) < 4.78 is 65.4. The van der Waals surface area contributed by atoms with Gasteiger partial charge in [-0.1, -0.05) is 20.8 Å². The maximum Gasteiger partial charge on any atom is 4.00 e. The average Bonchev–Trinajstić information content (AvgIpc) is 3.12. The second-order valence-corrected chi connectivity index (χ2v) is 7.48. The Morgan fingerprint density at radius 2 is 1.11 bits per heavy atom. The zero-order valence-corrected chi connectivity index (χ0v) is 21.6. The van der Waals surface area contributed by atoms with Gasteiger partial charge in [-0.2, -0.15) is 46.9 Å². The van der Waals surface area contributed by atoms with Gasteiger partial charge in [0.05, 0.1) is 0 Å². The Hall–Kier alpha value is 0.366. The maximum atomic E-state index is 10.9. The molecule has 0 aliphatic heterocycles. The zero-order valence-electron chi connectivity index (χ0n) is 16.7. The second kappa shape index (κ2) is 28.6. The number of hydrogen-bond acceptors (Lipinski definition) is 0. The van der Waals surface area contributed by atoms with Gasteiger partial charge in [0.2, 0.25) is 0 Å². The predicted octanol–water partition coefficient (Wildman–Crippen LogP) is 5.80. The SMILES string of the molecule is CC[N-]C.CC[N-]C.CC[N-]C.F[C](F)(F)[GeH][C](F)(F)F.[C-]1=CC=CC1.[Zr+4]. The normalized spacial score (nSPS) is 11.3. The van der Waals surface area contributed by atoms with Crippen molar-refractivity contribution < 1.29 is 52.5 Å². The molecule has 159 valence electrons. The molecule has 0 saturated carbocycles. The van der Waals surface area contributed by atoms with Gasteiger partial charge in [0.1, 0.15) is 0 Å². The Bertz CT molecular complexity index is 274. The summed E-state index contributed by atoms with van der Waals surface area (Å²) in [6.45, 7) is 8.88. The molecule has 0 N–H and O–H groups in total. The van der Waals surface area contributed by atoms with Crippen LogP contribution in [0.1, 0.15) is 27.2 Å². The third-order valence-corrected chi connectivity index (χ3v) is 3.24. The summed E-state index contributed by atoms with van der Waals surface area (Å²) in [6.07, 6.45) is 10.0. The number of allylic oxidation sites excluding steroid dienone is 4. The molecule has 1 rings (SSSR count). The Balaban J connectivity index is -0.0000000780. The van der Waals surface area contributed by atoms with Gasteiger partial charge in [0.15, 0.2) is 0 Å². The summed E-state index contributed by atoms with van der Waals surface area (Å²) in [4.78, 5) is 0. The van der Waals surface area contributed by atoms with Crippen molar-refractivity contribution in [3.8, 4) is 0 Å². The Labute approximate surface area is 185 Å². The molecule has 1 aliphatic carbocycles. The number of rotatable bonds is 3. The molecule has 0 amide bonds. The first-order valence-corrected chi connectivity index (χ1v) is 10.3. The third-order valence-electron chi connectivity index (χ3n) is 1.86. The topological polar surface area (TPSA) is 42.3 Å². The molecular weight excluding hydrogens is 512 g/mol. The minimum Gasteiger partial charge on any atom is -0.273 e. The van der Waals surface area contributed by atoms with E-state index in [1.165, 1.54) is 0 Å². The van der Waals surface area contributed by atoms with Crippen LogP contribution in [0.3, 0.4) is 0 Å². The summed E-state index contributed by atoms with van der Waals surface area (Å²) in [5.41, 5.74) is 0. The maximum absolute atomic E-state index is 10.9. The Kier molecular flexibility index (Phi) is 40.2.